The second-order valence-corrected chi connectivity index (χ2v) is 6.46. The molecule has 0 bridgehead atoms. The number of nitrogens with one attached hydrogen (secondary N) is 1. The number of carbonyl (C=O) groups is 1. The van der Waals surface area contributed by atoms with E-state index in [2.05, 4.69) is 10.1 Å². The van der Waals surface area contributed by atoms with Crippen LogP contribution >= 0.6 is 11.3 Å². The molecule has 3 aromatic rings. The van der Waals surface area contributed by atoms with Crippen molar-refractivity contribution in [3.8, 4) is 5.75 Å². The molecule has 0 saturated heterocycles. The summed E-state index contributed by atoms with van der Waals surface area (Å²) in [5, 5.41) is 3.11. The number of halogens is 3. The predicted octanol–water partition coefficient (Wildman–Crippen LogP) is 5.13. The molecule has 1 amide bonds. The van der Waals surface area contributed by atoms with E-state index in [0.717, 1.165) is 0 Å². The highest BCUT2D eigenvalue weighted by Crippen LogP contribution is 2.29. The van der Waals surface area contributed by atoms with E-state index in [-0.39, 0.29) is 5.75 Å². The maximum Gasteiger partial charge on any atom is 0.387 e. The van der Waals surface area contributed by atoms with Crippen molar-refractivity contribution < 1.29 is 22.7 Å². The van der Waals surface area contributed by atoms with E-state index in [9.17, 15) is 18.0 Å². The van der Waals surface area contributed by atoms with E-state index in [1.165, 1.54) is 29.5 Å². The minimum atomic E-state index is -2.95. The molecule has 130 valence electrons. The topological polar surface area (TPSA) is 38.3 Å². The number of ether oxygens (including phenoxy) is 1. The number of fused-ring (bicyclic) bond motifs is 1. The first kappa shape index (κ1) is 17.3. The fraction of sp³-hybridized carbons (Fsp3) is 0.167. The average Bonchev–Trinajstić information content (AvgIpc) is 3.00. The third-order valence-electron chi connectivity index (χ3n) is 3.68. The van der Waals surface area contributed by atoms with Gasteiger partial charge in [0.1, 0.15) is 11.6 Å². The summed E-state index contributed by atoms with van der Waals surface area (Å²) in [5.74, 6) is -0.788. The summed E-state index contributed by atoms with van der Waals surface area (Å²) in [6.45, 7) is -1.28. The first-order chi connectivity index (χ1) is 12.0. The van der Waals surface area contributed by atoms with Crippen molar-refractivity contribution in [3.05, 3.63) is 64.8 Å². The van der Waals surface area contributed by atoms with Gasteiger partial charge in [-0.1, -0.05) is 24.3 Å². The Hall–Kier alpha value is -2.54. The molecular weight excluding hydrogens is 351 g/mol. The molecule has 3 nitrogen and oxygen atoms in total. The molecule has 1 heterocycles. The molecule has 0 fully saturated rings. The van der Waals surface area contributed by atoms with Crippen LogP contribution in [0, 0.1) is 5.82 Å². The smallest absolute Gasteiger partial charge is 0.387 e. The molecular formula is C18H14F3NO2S. The van der Waals surface area contributed by atoms with E-state index in [4.69, 9.17) is 0 Å². The lowest BCUT2D eigenvalue weighted by Crippen LogP contribution is -2.26. The maximum atomic E-state index is 13.8. The Bertz CT molecular complexity index is 910. The molecule has 1 aromatic heterocycles. The number of hydrogen-bond acceptors (Lipinski definition) is 3. The number of thiophene rings is 1. The predicted molar refractivity (Wildman–Crippen MR) is 90.7 cm³/mol. The molecule has 0 saturated carbocycles. The van der Waals surface area contributed by atoms with E-state index in [1.54, 1.807) is 37.3 Å². The van der Waals surface area contributed by atoms with Gasteiger partial charge < -0.3 is 10.1 Å². The lowest BCUT2D eigenvalue weighted by molar-refractivity contribution is -0.0506. The molecule has 25 heavy (non-hydrogen) atoms. The van der Waals surface area contributed by atoms with Crippen LogP contribution < -0.4 is 10.1 Å². The van der Waals surface area contributed by atoms with Crippen LogP contribution in [0.2, 0.25) is 0 Å². The van der Waals surface area contributed by atoms with Crippen LogP contribution in [0.25, 0.3) is 10.1 Å². The first-order valence-electron chi connectivity index (χ1n) is 7.48. The second-order valence-electron chi connectivity index (χ2n) is 5.37. The highest BCUT2D eigenvalue weighted by Gasteiger charge is 2.19. The third kappa shape index (κ3) is 3.76. The number of alkyl halides is 2. The Balaban J connectivity index is 1.81. The zero-order valence-electron chi connectivity index (χ0n) is 13.1. The number of rotatable bonds is 5. The molecule has 0 radical (unpaired) electrons. The molecule has 0 aliphatic heterocycles. The van der Waals surface area contributed by atoms with Gasteiger partial charge in [-0.15, -0.1) is 11.3 Å². The van der Waals surface area contributed by atoms with Gasteiger partial charge in [-0.2, -0.15) is 8.78 Å². The largest absolute Gasteiger partial charge is 0.434 e. The molecule has 0 spiro atoms. The fourth-order valence-corrected chi connectivity index (χ4v) is 3.50. The summed E-state index contributed by atoms with van der Waals surface area (Å²) in [6.07, 6.45) is 0. The van der Waals surface area contributed by atoms with Gasteiger partial charge in [0.2, 0.25) is 0 Å². The van der Waals surface area contributed by atoms with Crippen LogP contribution in [0.15, 0.2) is 48.5 Å². The Morgan fingerprint density at radius 2 is 1.92 bits per heavy atom. The minimum Gasteiger partial charge on any atom is -0.434 e. The molecule has 1 N–H and O–H groups in total. The highest BCUT2D eigenvalue weighted by atomic mass is 32.1. The number of amides is 1. The molecule has 7 heteroatoms. The Kier molecular flexibility index (Phi) is 4.94. The Morgan fingerprint density at radius 1 is 1.16 bits per heavy atom. The average molecular weight is 365 g/mol. The summed E-state index contributed by atoms with van der Waals surface area (Å²) in [5.41, 5.74) is 0.434. The highest BCUT2D eigenvalue weighted by molar-refractivity contribution is 7.20. The van der Waals surface area contributed by atoms with E-state index < -0.39 is 24.4 Å². The van der Waals surface area contributed by atoms with E-state index in [0.29, 0.717) is 20.5 Å². The molecule has 0 aliphatic rings. The van der Waals surface area contributed by atoms with Crippen LogP contribution in [0.4, 0.5) is 13.2 Å². The summed E-state index contributed by atoms with van der Waals surface area (Å²) in [7, 11) is 0. The van der Waals surface area contributed by atoms with Gasteiger partial charge in [0.15, 0.2) is 0 Å². The van der Waals surface area contributed by atoms with Gasteiger partial charge in [0, 0.05) is 15.6 Å². The van der Waals surface area contributed by atoms with E-state index >= 15 is 0 Å². The lowest BCUT2D eigenvalue weighted by Gasteiger charge is -2.17. The fourth-order valence-electron chi connectivity index (χ4n) is 2.52. The van der Waals surface area contributed by atoms with Crippen molar-refractivity contribution in [3.63, 3.8) is 0 Å². The van der Waals surface area contributed by atoms with Crippen molar-refractivity contribution in [2.45, 2.75) is 19.6 Å². The van der Waals surface area contributed by atoms with Gasteiger partial charge in [-0.25, -0.2) is 4.39 Å². The summed E-state index contributed by atoms with van der Waals surface area (Å²) < 4.78 is 43.9. The van der Waals surface area contributed by atoms with Crippen LogP contribution in [0.5, 0.6) is 5.75 Å². The molecule has 0 unspecified atom stereocenters. The zero-order valence-corrected chi connectivity index (χ0v) is 13.9. The molecule has 0 aliphatic carbocycles. The molecule has 1 atom stereocenters. The monoisotopic (exact) mass is 365 g/mol. The lowest BCUT2D eigenvalue weighted by atomic mass is 10.1. The third-order valence-corrected chi connectivity index (χ3v) is 4.78. The number of benzene rings is 2. The quantitative estimate of drug-likeness (QED) is 0.680. The van der Waals surface area contributed by atoms with Crippen molar-refractivity contribution in [1.82, 2.24) is 5.32 Å². The number of carbonyl (C=O) groups excluding carboxylic acids is 1. The minimum absolute atomic E-state index is 0.00712. The van der Waals surface area contributed by atoms with Crippen molar-refractivity contribution in [2.24, 2.45) is 0 Å². The standard InChI is InChI=1S/C18H14F3NO2S/c1-10(11-5-2-3-7-14(11)24-18(20)21)22-17(23)16-9-12-13(19)6-4-8-15(12)25-16/h2-10,18H,1H3,(H,22,23)/t10-/m0/s1. The van der Waals surface area contributed by atoms with Gasteiger partial charge in [0.05, 0.1) is 10.9 Å². The number of hydrogen-bond donors (Lipinski definition) is 1. The van der Waals surface area contributed by atoms with Gasteiger partial charge in [-0.3, -0.25) is 4.79 Å². The van der Waals surface area contributed by atoms with Crippen LogP contribution in [0.3, 0.4) is 0 Å². The van der Waals surface area contributed by atoms with Gasteiger partial charge in [-0.05, 0) is 31.2 Å². The van der Waals surface area contributed by atoms with E-state index in [1.807, 2.05) is 0 Å². The van der Waals surface area contributed by atoms with Crippen molar-refractivity contribution in [1.29, 1.82) is 0 Å². The van der Waals surface area contributed by atoms with Crippen molar-refractivity contribution >= 4 is 27.3 Å². The van der Waals surface area contributed by atoms with Gasteiger partial charge >= 0.3 is 6.61 Å². The maximum absolute atomic E-state index is 13.8. The zero-order chi connectivity index (χ0) is 18.0. The summed E-state index contributed by atoms with van der Waals surface area (Å²) in [4.78, 5) is 12.8. The number of para-hydroxylation sites is 1. The Labute approximate surface area is 146 Å². The normalized spacial score (nSPS) is 12.4. The molecule has 2 aromatic carbocycles. The molecule has 3 rings (SSSR count). The SMILES string of the molecule is C[C@H](NC(=O)c1cc2c(F)cccc2s1)c1ccccc1OC(F)F. The van der Waals surface area contributed by atoms with Gasteiger partial charge in [0.25, 0.3) is 5.91 Å². The van der Waals surface area contributed by atoms with Crippen LogP contribution in [-0.2, 0) is 0 Å². The van der Waals surface area contributed by atoms with Crippen LogP contribution in [0.1, 0.15) is 28.2 Å². The summed E-state index contributed by atoms with van der Waals surface area (Å²) in [6, 6.07) is 11.8. The first-order valence-corrected chi connectivity index (χ1v) is 8.30. The van der Waals surface area contributed by atoms with Crippen molar-refractivity contribution in [2.75, 3.05) is 0 Å². The van der Waals surface area contributed by atoms with Crippen LogP contribution in [-0.4, -0.2) is 12.5 Å². The Morgan fingerprint density at radius 3 is 2.64 bits per heavy atom. The summed E-state index contributed by atoms with van der Waals surface area (Å²) >= 11 is 1.17. The second kappa shape index (κ2) is 7.14.